The molecule has 112 valence electrons. The third kappa shape index (κ3) is 3.62. The van der Waals surface area contributed by atoms with Gasteiger partial charge in [-0.25, -0.2) is 4.79 Å². The molecular formula is C16H19NO4. The maximum absolute atomic E-state index is 12.3. The highest BCUT2D eigenvalue weighted by Crippen LogP contribution is 2.17. The van der Waals surface area contributed by atoms with Crippen molar-refractivity contribution in [2.24, 2.45) is 5.92 Å². The molecule has 1 unspecified atom stereocenters. The summed E-state index contributed by atoms with van der Waals surface area (Å²) < 4.78 is 9.98. The number of carbonyl (C=O) groups is 2. The number of ether oxygens (including phenoxy) is 1. The van der Waals surface area contributed by atoms with E-state index < -0.39 is 12.0 Å². The van der Waals surface area contributed by atoms with Crippen molar-refractivity contribution in [2.45, 2.75) is 26.3 Å². The molecule has 0 spiro atoms. The molecule has 0 saturated carbocycles. The van der Waals surface area contributed by atoms with Gasteiger partial charge in [-0.3, -0.25) is 4.79 Å². The van der Waals surface area contributed by atoms with Crippen LogP contribution in [-0.2, 0) is 9.53 Å². The fourth-order valence-electron chi connectivity index (χ4n) is 2.18. The Labute approximate surface area is 123 Å². The minimum atomic E-state index is -0.637. The lowest BCUT2D eigenvalue weighted by Gasteiger charge is -2.18. The zero-order chi connectivity index (χ0) is 15.4. The first-order chi connectivity index (χ1) is 10.0. The van der Waals surface area contributed by atoms with Crippen molar-refractivity contribution < 1.29 is 18.7 Å². The monoisotopic (exact) mass is 289 g/mol. The predicted molar refractivity (Wildman–Crippen MR) is 78.9 cm³/mol. The van der Waals surface area contributed by atoms with E-state index in [4.69, 9.17) is 9.15 Å². The standard InChI is InChI=1S/C16H19NO4/c1-10(2)8-13(16(19)20-3)17-15(18)12-4-5-14-11(9-12)6-7-21-14/h4-7,9-10,13H,8H2,1-3H3,(H,17,18). The van der Waals surface area contributed by atoms with Gasteiger partial charge in [0, 0.05) is 10.9 Å². The van der Waals surface area contributed by atoms with Gasteiger partial charge in [-0.15, -0.1) is 0 Å². The normalized spacial score (nSPS) is 12.4. The number of amides is 1. The summed E-state index contributed by atoms with van der Waals surface area (Å²) in [5.74, 6) is -0.457. The van der Waals surface area contributed by atoms with Gasteiger partial charge in [-0.05, 0) is 36.6 Å². The molecule has 0 bridgehead atoms. The molecule has 5 heteroatoms. The lowest BCUT2D eigenvalue weighted by molar-refractivity contribution is -0.143. The largest absolute Gasteiger partial charge is 0.467 e. The fourth-order valence-corrected chi connectivity index (χ4v) is 2.18. The van der Waals surface area contributed by atoms with Crippen LogP contribution in [0.3, 0.4) is 0 Å². The molecule has 0 fully saturated rings. The van der Waals surface area contributed by atoms with Gasteiger partial charge < -0.3 is 14.5 Å². The Morgan fingerprint density at radius 1 is 1.29 bits per heavy atom. The Morgan fingerprint density at radius 3 is 2.71 bits per heavy atom. The van der Waals surface area contributed by atoms with Crippen molar-refractivity contribution >= 4 is 22.8 Å². The predicted octanol–water partition coefficient (Wildman–Crippen LogP) is 2.75. The van der Waals surface area contributed by atoms with Gasteiger partial charge in [0.1, 0.15) is 11.6 Å². The first kappa shape index (κ1) is 15.1. The molecule has 0 aliphatic heterocycles. The molecule has 5 nitrogen and oxygen atoms in total. The second-order valence-corrected chi connectivity index (χ2v) is 5.35. The second-order valence-electron chi connectivity index (χ2n) is 5.35. The molecule has 0 aliphatic carbocycles. The minimum Gasteiger partial charge on any atom is -0.467 e. The summed E-state index contributed by atoms with van der Waals surface area (Å²) in [7, 11) is 1.32. The van der Waals surface area contributed by atoms with Crippen LogP contribution in [0.5, 0.6) is 0 Å². The van der Waals surface area contributed by atoms with Crippen LogP contribution in [0.15, 0.2) is 34.9 Å². The van der Waals surface area contributed by atoms with Crippen LogP contribution in [0.25, 0.3) is 11.0 Å². The quantitative estimate of drug-likeness (QED) is 0.859. The number of carbonyl (C=O) groups excluding carboxylic acids is 2. The molecule has 21 heavy (non-hydrogen) atoms. The van der Waals surface area contributed by atoms with Gasteiger partial charge >= 0.3 is 5.97 Å². The second kappa shape index (κ2) is 6.43. The zero-order valence-electron chi connectivity index (χ0n) is 12.4. The Kier molecular flexibility index (Phi) is 4.62. The number of benzene rings is 1. The summed E-state index contributed by atoms with van der Waals surface area (Å²) in [6.07, 6.45) is 2.11. The Morgan fingerprint density at radius 2 is 2.05 bits per heavy atom. The fraction of sp³-hybridized carbons (Fsp3) is 0.375. The molecule has 1 N–H and O–H groups in total. The summed E-state index contributed by atoms with van der Waals surface area (Å²) in [5.41, 5.74) is 1.21. The summed E-state index contributed by atoms with van der Waals surface area (Å²) in [4.78, 5) is 24.0. The van der Waals surface area contributed by atoms with Crippen LogP contribution in [0.1, 0.15) is 30.6 Å². The zero-order valence-corrected chi connectivity index (χ0v) is 12.4. The van der Waals surface area contributed by atoms with Gasteiger partial charge in [0.25, 0.3) is 5.91 Å². The van der Waals surface area contributed by atoms with Crippen molar-refractivity contribution in [3.8, 4) is 0 Å². The van der Waals surface area contributed by atoms with Crippen molar-refractivity contribution in [2.75, 3.05) is 7.11 Å². The van der Waals surface area contributed by atoms with E-state index in [0.29, 0.717) is 12.0 Å². The van der Waals surface area contributed by atoms with E-state index in [0.717, 1.165) is 11.0 Å². The Balaban J connectivity index is 2.15. The van der Waals surface area contributed by atoms with E-state index in [1.54, 1.807) is 30.5 Å². The molecule has 2 aromatic rings. The molecule has 1 amide bonds. The molecule has 1 heterocycles. The molecule has 1 aromatic heterocycles. The van der Waals surface area contributed by atoms with Crippen molar-refractivity contribution in [1.82, 2.24) is 5.32 Å². The number of furan rings is 1. The molecule has 1 aromatic carbocycles. The van der Waals surface area contributed by atoms with Crippen LogP contribution >= 0.6 is 0 Å². The first-order valence-electron chi connectivity index (χ1n) is 6.87. The summed E-state index contributed by atoms with van der Waals surface area (Å²) in [5, 5.41) is 3.58. The highest BCUT2D eigenvalue weighted by Gasteiger charge is 2.23. The third-order valence-electron chi connectivity index (χ3n) is 3.21. The topological polar surface area (TPSA) is 68.5 Å². The van der Waals surface area contributed by atoms with E-state index >= 15 is 0 Å². The Bertz CT molecular complexity index is 645. The van der Waals surface area contributed by atoms with E-state index in [2.05, 4.69) is 5.32 Å². The van der Waals surface area contributed by atoms with E-state index in [1.807, 2.05) is 13.8 Å². The van der Waals surface area contributed by atoms with Gasteiger partial charge in [-0.2, -0.15) is 0 Å². The van der Waals surface area contributed by atoms with Crippen molar-refractivity contribution in [1.29, 1.82) is 0 Å². The highest BCUT2D eigenvalue weighted by molar-refractivity contribution is 5.99. The number of hydrogen-bond donors (Lipinski definition) is 1. The van der Waals surface area contributed by atoms with Crippen LogP contribution in [0.4, 0.5) is 0 Å². The maximum Gasteiger partial charge on any atom is 0.328 e. The number of nitrogens with one attached hydrogen (secondary N) is 1. The van der Waals surface area contributed by atoms with Crippen LogP contribution < -0.4 is 5.32 Å². The summed E-state index contributed by atoms with van der Waals surface area (Å²) in [6, 6.07) is 6.29. The van der Waals surface area contributed by atoms with Gasteiger partial charge in [0.05, 0.1) is 13.4 Å². The highest BCUT2D eigenvalue weighted by atomic mass is 16.5. The third-order valence-corrected chi connectivity index (χ3v) is 3.21. The van der Waals surface area contributed by atoms with Crippen LogP contribution in [0.2, 0.25) is 0 Å². The van der Waals surface area contributed by atoms with E-state index in [9.17, 15) is 9.59 Å². The first-order valence-corrected chi connectivity index (χ1v) is 6.87. The Hall–Kier alpha value is -2.30. The number of esters is 1. The molecule has 0 aliphatic rings. The van der Waals surface area contributed by atoms with Crippen LogP contribution in [-0.4, -0.2) is 25.0 Å². The lowest BCUT2D eigenvalue weighted by Crippen LogP contribution is -2.42. The number of rotatable bonds is 5. The SMILES string of the molecule is COC(=O)C(CC(C)C)NC(=O)c1ccc2occc2c1. The van der Waals surface area contributed by atoms with E-state index in [1.165, 1.54) is 7.11 Å². The van der Waals surface area contributed by atoms with Crippen LogP contribution in [0, 0.1) is 5.92 Å². The van der Waals surface area contributed by atoms with Gasteiger partial charge in [0.2, 0.25) is 0 Å². The van der Waals surface area contributed by atoms with Gasteiger partial charge in [-0.1, -0.05) is 13.8 Å². The average molecular weight is 289 g/mol. The number of methoxy groups -OCH3 is 1. The molecule has 0 saturated heterocycles. The molecular weight excluding hydrogens is 270 g/mol. The smallest absolute Gasteiger partial charge is 0.328 e. The summed E-state index contributed by atoms with van der Waals surface area (Å²) >= 11 is 0. The van der Waals surface area contributed by atoms with Gasteiger partial charge in [0.15, 0.2) is 0 Å². The minimum absolute atomic E-state index is 0.269. The summed E-state index contributed by atoms with van der Waals surface area (Å²) in [6.45, 7) is 3.97. The molecule has 0 radical (unpaired) electrons. The number of fused-ring (bicyclic) bond motifs is 1. The molecule has 2 rings (SSSR count). The van der Waals surface area contributed by atoms with E-state index in [-0.39, 0.29) is 11.8 Å². The van der Waals surface area contributed by atoms with Crippen molar-refractivity contribution in [3.63, 3.8) is 0 Å². The number of hydrogen-bond acceptors (Lipinski definition) is 4. The lowest BCUT2D eigenvalue weighted by atomic mass is 10.0. The maximum atomic E-state index is 12.3. The van der Waals surface area contributed by atoms with Crippen molar-refractivity contribution in [3.05, 3.63) is 36.1 Å². The molecule has 1 atom stereocenters. The average Bonchev–Trinajstić information content (AvgIpc) is 2.92.